The van der Waals surface area contributed by atoms with Gasteiger partial charge in [0.05, 0.1) is 23.0 Å². The van der Waals surface area contributed by atoms with Gasteiger partial charge in [-0.05, 0) is 43.5 Å². The maximum absolute atomic E-state index is 13.3. The van der Waals surface area contributed by atoms with Crippen LogP contribution in [0.3, 0.4) is 0 Å². The van der Waals surface area contributed by atoms with E-state index >= 15 is 0 Å². The van der Waals surface area contributed by atoms with Gasteiger partial charge in [0.2, 0.25) is 5.09 Å². The van der Waals surface area contributed by atoms with Gasteiger partial charge < -0.3 is 4.42 Å². The van der Waals surface area contributed by atoms with Gasteiger partial charge in [-0.2, -0.15) is 17.5 Å². The number of hydrogen-bond acceptors (Lipinski definition) is 7. The Labute approximate surface area is 210 Å². The molecule has 0 spiro atoms. The van der Waals surface area contributed by atoms with Crippen LogP contribution in [-0.2, 0) is 27.4 Å². The largest absolute Gasteiger partial charge is 0.443 e. The van der Waals surface area contributed by atoms with Crippen LogP contribution in [0, 0.1) is 0 Å². The number of alkyl halides is 3. The summed E-state index contributed by atoms with van der Waals surface area (Å²) in [5.41, 5.74) is 0.632. The van der Waals surface area contributed by atoms with Gasteiger partial charge in [-0.15, -0.1) is 0 Å². The summed E-state index contributed by atoms with van der Waals surface area (Å²) in [6.07, 6.45) is -1.30. The lowest BCUT2D eigenvalue weighted by atomic mass is 10.0. The number of carbonyl (C=O) groups excluding carboxylic acids is 1. The smallest absolute Gasteiger partial charge is 0.417 e. The molecule has 1 saturated heterocycles. The van der Waals surface area contributed by atoms with Crippen LogP contribution < -0.4 is 0 Å². The van der Waals surface area contributed by atoms with Gasteiger partial charge in [-0.1, -0.05) is 18.2 Å². The maximum Gasteiger partial charge on any atom is 0.417 e. The van der Waals surface area contributed by atoms with E-state index in [2.05, 4.69) is 15.0 Å². The van der Waals surface area contributed by atoms with Crippen LogP contribution in [0.25, 0.3) is 22.4 Å². The number of Topliss-reactive ketones (excluding diaryl/α,β-unsaturated/α-hetero) is 1. The fraction of sp³-hybridized carbons (Fsp3) is 0.280. The Balaban J connectivity index is 1.28. The van der Waals surface area contributed by atoms with Crippen molar-refractivity contribution in [2.24, 2.45) is 0 Å². The van der Waals surface area contributed by atoms with E-state index in [1.54, 1.807) is 30.3 Å². The van der Waals surface area contributed by atoms with Crippen molar-refractivity contribution in [1.82, 2.24) is 19.3 Å². The average molecular weight is 531 g/mol. The molecule has 1 atom stereocenters. The van der Waals surface area contributed by atoms with Gasteiger partial charge in [0.1, 0.15) is 11.9 Å². The predicted octanol–water partition coefficient (Wildman–Crippen LogP) is 4.66. The van der Waals surface area contributed by atoms with Gasteiger partial charge in [0, 0.05) is 36.3 Å². The molecular formula is C25H21F3N4O4S. The number of nitrogens with zero attached hydrogens (tertiary/aromatic N) is 4. The molecule has 0 bridgehead atoms. The molecule has 3 aromatic heterocycles. The minimum atomic E-state index is -4.49. The summed E-state index contributed by atoms with van der Waals surface area (Å²) in [6.45, 7) is 0.215. The number of pyridine rings is 1. The molecule has 4 heterocycles. The van der Waals surface area contributed by atoms with Gasteiger partial charge in [-0.3, -0.25) is 9.78 Å². The Morgan fingerprint density at radius 1 is 1.05 bits per heavy atom. The van der Waals surface area contributed by atoms with E-state index in [9.17, 15) is 26.4 Å². The van der Waals surface area contributed by atoms with E-state index in [-0.39, 0.29) is 36.0 Å². The van der Waals surface area contributed by atoms with Crippen LogP contribution in [0.5, 0.6) is 0 Å². The molecule has 8 nitrogen and oxygen atoms in total. The zero-order chi connectivity index (χ0) is 26.2. The van der Waals surface area contributed by atoms with Crippen LogP contribution >= 0.6 is 0 Å². The van der Waals surface area contributed by atoms with Crippen LogP contribution in [0.4, 0.5) is 13.2 Å². The number of sulfonamides is 1. The first-order chi connectivity index (χ1) is 17.6. The lowest BCUT2D eigenvalue weighted by Gasteiger charge is -2.21. The highest BCUT2D eigenvalue weighted by atomic mass is 32.2. The molecule has 1 aromatic carbocycles. The molecule has 0 aliphatic carbocycles. The second kappa shape index (κ2) is 9.67. The third kappa shape index (κ3) is 5.12. The monoisotopic (exact) mass is 530 g/mol. The molecule has 0 N–H and O–H groups in total. The number of para-hydroxylation sites is 1. The molecular weight excluding hydrogens is 509 g/mol. The standard InChI is InChI=1S/C25H21F3N4O4S/c26-25(27,28)17-7-9-19(29-14-17)20-13-18(30-15-31-20)8-10-22(33)21-5-3-11-32(21)37(34,35)24-12-16-4-1-2-6-23(16)36-24/h1-2,4,6-7,9,12-15,21H,3,5,8,10-11H2. The SMILES string of the molecule is O=C(CCc1cc(-c2ccc(C(F)(F)F)cn2)ncn1)C1CCCN1S(=O)(=O)c1cc2ccccc2o1. The number of benzene rings is 1. The highest BCUT2D eigenvalue weighted by Crippen LogP contribution is 2.31. The maximum atomic E-state index is 13.3. The van der Waals surface area contributed by atoms with Crippen LogP contribution in [0.1, 0.15) is 30.5 Å². The number of halogens is 3. The number of rotatable bonds is 7. The summed E-state index contributed by atoms with van der Waals surface area (Å²) >= 11 is 0. The van der Waals surface area contributed by atoms with Crippen molar-refractivity contribution in [2.75, 3.05) is 6.54 Å². The summed E-state index contributed by atoms with van der Waals surface area (Å²) in [5, 5.41) is 0.461. The van der Waals surface area contributed by atoms with E-state index in [1.807, 2.05) is 0 Å². The third-order valence-corrected chi connectivity index (χ3v) is 8.01. The van der Waals surface area contributed by atoms with E-state index < -0.39 is 27.8 Å². The number of aryl methyl sites for hydroxylation is 1. The number of carbonyl (C=O) groups is 1. The summed E-state index contributed by atoms with van der Waals surface area (Å²) in [6, 6.07) is 11.3. The number of aromatic nitrogens is 3. The van der Waals surface area contributed by atoms with Crippen molar-refractivity contribution in [3.8, 4) is 11.4 Å². The van der Waals surface area contributed by atoms with Gasteiger partial charge in [0.15, 0.2) is 5.78 Å². The van der Waals surface area contributed by atoms with Crippen LogP contribution in [0.2, 0.25) is 0 Å². The van der Waals surface area contributed by atoms with Gasteiger partial charge >= 0.3 is 6.18 Å². The molecule has 5 rings (SSSR count). The lowest BCUT2D eigenvalue weighted by Crippen LogP contribution is -2.40. The number of ketones is 1. The zero-order valence-corrected chi connectivity index (χ0v) is 20.2. The lowest BCUT2D eigenvalue weighted by molar-refractivity contribution is -0.137. The van der Waals surface area contributed by atoms with Crippen LogP contribution in [-0.4, -0.2) is 46.0 Å². The normalized spacial score (nSPS) is 16.9. The highest BCUT2D eigenvalue weighted by molar-refractivity contribution is 7.89. The van der Waals surface area contributed by atoms with Crippen molar-refractivity contribution >= 4 is 26.8 Å². The molecule has 0 saturated carbocycles. The van der Waals surface area contributed by atoms with E-state index in [0.29, 0.717) is 35.2 Å². The molecule has 0 radical (unpaired) electrons. The van der Waals surface area contributed by atoms with Gasteiger partial charge in [0.25, 0.3) is 10.0 Å². The summed E-state index contributed by atoms with van der Waals surface area (Å²) in [7, 11) is -4.00. The summed E-state index contributed by atoms with van der Waals surface area (Å²) in [4.78, 5) is 25.1. The first kappa shape index (κ1) is 25.0. The quantitative estimate of drug-likeness (QED) is 0.342. The molecule has 4 aromatic rings. The van der Waals surface area contributed by atoms with Crippen molar-refractivity contribution in [2.45, 2.75) is 43.0 Å². The van der Waals surface area contributed by atoms with E-state index in [4.69, 9.17) is 4.42 Å². The average Bonchev–Trinajstić information content (AvgIpc) is 3.55. The Morgan fingerprint density at radius 3 is 2.59 bits per heavy atom. The molecule has 0 amide bonds. The fourth-order valence-electron chi connectivity index (χ4n) is 4.36. The third-order valence-electron chi connectivity index (χ3n) is 6.25. The van der Waals surface area contributed by atoms with Crippen molar-refractivity contribution in [3.63, 3.8) is 0 Å². The molecule has 192 valence electrons. The van der Waals surface area contributed by atoms with Gasteiger partial charge in [-0.25, -0.2) is 18.4 Å². The highest BCUT2D eigenvalue weighted by Gasteiger charge is 2.40. The zero-order valence-electron chi connectivity index (χ0n) is 19.4. The Bertz CT molecular complexity index is 1520. The Hall–Kier alpha value is -3.64. The van der Waals surface area contributed by atoms with Crippen molar-refractivity contribution < 1.29 is 30.8 Å². The minimum Gasteiger partial charge on any atom is -0.443 e. The molecule has 37 heavy (non-hydrogen) atoms. The number of fused-ring (bicyclic) bond motifs is 1. The molecule has 1 fully saturated rings. The second-order valence-corrected chi connectivity index (χ2v) is 10.5. The Kier molecular flexibility index (Phi) is 6.54. The molecule has 1 unspecified atom stereocenters. The van der Waals surface area contributed by atoms with Crippen LogP contribution in [0.15, 0.2) is 70.6 Å². The van der Waals surface area contributed by atoms with Crippen molar-refractivity contribution in [3.05, 3.63) is 72.3 Å². The number of furan rings is 1. The molecule has 12 heteroatoms. The predicted molar refractivity (Wildman–Crippen MR) is 127 cm³/mol. The van der Waals surface area contributed by atoms with Crippen molar-refractivity contribution in [1.29, 1.82) is 0 Å². The minimum absolute atomic E-state index is 0.0354. The molecule has 1 aliphatic heterocycles. The summed E-state index contributed by atoms with van der Waals surface area (Å²) in [5.74, 6) is -0.245. The fourth-order valence-corrected chi connectivity index (χ4v) is 5.98. The second-order valence-electron chi connectivity index (χ2n) is 8.67. The van der Waals surface area contributed by atoms with E-state index in [0.717, 1.165) is 12.3 Å². The first-order valence-electron chi connectivity index (χ1n) is 11.5. The first-order valence-corrected chi connectivity index (χ1v) is 12.9. The summed E-state index contributed by atoms with van der Waals surface area (Å²) < 4.78 is 71.7. The topological polar surface area (TPSA) is 106 Å². The Morgan fingerprint density at radius 2 is 1.86 bits per heavy atom. The molecule has 1 aliphatic rings. The van der Waals surface area contributed by atoms with E-state index in [1.165, 1.54) is 22.8 Å². The number of hydrogen-bond donors (Lipinski definition) is 0.